The Balaban J connectivity index is -0.000000444. The largest absolute Gasteiger partial charge is 0.492 e. The molecule has 0 saturated carbocycles. The molecule has 0 aromatic heterocycles. The Labute approximate surface area is 331 Å². The second kappa shape index (κ2) is 30.7. The first kappa shape index (κ1) is 58.3. The molecule has 2 fully saturated rings. The van der Waals surface area contributed by atoms with Gasteiger partial charge in [0.25, 0.3) is 0 Å². The lowest BCUT2D eigenvalue weighted by Gasteiger charge is -2.43. The minimum atomic E-state index is -1.45. The molecule has 0 radical (unpaired) electrons. The van der Waals surface area contributed by atoms with Crippen LogP contribution in [-0.2, 0) is 18.9 Å². The van der Waals surface area contributed by atoms with Crippen LogP contribution in [0.2, 0.25) is 0 Å². The smallest absolute Gasteiger partial charge is 0.129 e. The molecule has 53 heavy (non-hydrogen) atoms. The number of hydrogen-bond donors (Lipinski definition) is 2. The molecule has 7 nitrogen and oxygen atoms in total. The van der Waals surface area contributed by atoms with Crippen LogP contribution in [-0.4, -0.2) is 79.4 Å². The molecule has 12 atom stereocenters. The van der Waals surface area contributed by atoms with E-state index >= 15 is 0 Å². The number of aliphatic imine (C=N–C) groups is 1. The molecule has 2 aliphatic rings. The average molecular weight is 756 g/mol. The van der Waals surface area contributed by atoms with Crippen molar-refractivity contribution >= 4 is 5.71 Å². The first-order valence-corrected chi connectivity index (χ1v) is 21.0. The van der Waals surface area contributed by atoms with E-state index in [0.717, 1.165) is 38.0 Å². The number of aliphatic hydroxyl groups is 2. The average Bonchev–Trinajstić information content (AvgIpc) is 3.14. The summed E-state index contributed by atoms with van der Waals surface area (Å²) in [5.41, 5.74) is -0.366. The monoisotopic (exact) mass is 756 g/mol. The van der Waals surface area contributed by atoms with Crippen LogP contribution in [0.4, 0.5) is 0 Å². The SMILES string of the molecule is C=C1O[C@H](CC)[C@@](C)(O)C(O)C(C)C(=NC)[C@H](C)C[C@@](C)(CC)C[C@@H](C)[C@H](OC)[C@H]1C.CC.CC.CC#CC.CCC.CO[C@]1(C)CCOC(C)[C@@H]1C. The van der Waals surface area contributed by atoms with Crippen LogP contribution < -0.4 is 0 Å². The van der Waals surface area contributed by atoms with E-state index in [1.165, 1.54) is 6.42 Å². The van der Waals surface area contributed by atoms with E-state index in [1.807, 2.05) is 55.4 Å². The fraction of sp³-hybridized carbons (Fsp3) is 0.891. The highest BCUT2D eigenvalue weighted by molar-refractivity contribution is 5.89. The number of rotatable bonds is 4. The molecule has 0 amide bonds. The highest BCUT2D eigenvalue weighted by Crippen LogP contribution is 2.42. The van der Waals surface area contributed by atoms with Crippen LogP contribution in [0.15, 0.2) is 17.3 Å². The van der Waals surface area contributed by atoms with Gasteiger partial charge in [0.05, 0.1) is 29.7 Å². The van der Waals surface area contributed by atoms with E-state index in [-0.39, 0.29) is 34.9 Å². The van der Waals surface area contributed by atoms with Crippen LogP contribution >= 0.6 is 0 Å². The van der Waals surface area contributed by atoms with Gasteiger partial charge in [-0.3, -0.25) is 4.99 Å². The lowest BCUT2D eigenvalue weighted by molar-refractivity contribution is -0.156. The molecule has 0 bridgehead atoms. The minimum Gasteiger partial charge on any atom is -0.492 e. The molecule has 2 N–H and O–H groups in total. The number of hydrogen-bond acceptors (Lipinski definition) is 7. The van der Waals surface area contributed by atoms with Crippen molar-refractivity contribution in [2.75, 3.05) is 27.9 Å². The maximum absolute atomic E-state index is 11.4. The summed E-state index contributed by atoms with van der Waals surface area (Å²) in [7, 11) is 5.33. The lowest BCUT2D eigenvalue weighted by atomic mass is 9.69. The molecule has 318 valence electrons. The maximum atomic E-state index is 11.4. The van der Waals surface area contributed by atoms with Gasteiger partial charge in [-0.25, -0.2) is 0 Å². The highest BCUT2D eigenvalue weighted by atomic mass is 16.5. The molecule has 2 saturated heterocycles. The summed E-state index contributed by atoms with van der Waals surface area (Å²) in [6, 6.07) is 0. The first-order valence-electron chi connectivity index (χ1n) is 21.0. The number of nitrogens with zero attached hydrogens (tertiary/aromatic N) is 1. The summed E-state index contributed by atoms with van der Waals surface area (Å²) in [5.74, 6) is 6.63. The van der Waals surface area contributed by atoms with Crippen LogP contribution in [0.5, 0.6) is 0 Å². The van der Waals surface area contributed by atoms with E-state index in [1.54, 1.807) is 28.2 Å². The molecule has 7 heteroatoms. The number of methoxy groups -OCH3 is 2. The molecular weight excluding hydrogens is 663 g/mol. The minimum absolute atomic E-state index is 0.0255. The maximum Gasteiger partial charge on any atom is 0.129 e. The Morgan fingerprint density at radius 3 is 1.74 bits per heavy atom. The molecule has 3 unspecified atom stereocenters. The van der Waals surface area contributed by atoms with Gasteiger partial charge in [0.15, 0.2) is 0 Å². The van der Waals surface area contributed by atoms with Gasteiger partial charge < -0.3 is 29.2 Å². The zero-order valence-corrected chi connectivity index (χ0v) is 39.3. The Hall–Kier alpha value is -1.43. The third-order valence-corrected chi connectivity index (χ3v) is 11.3. The van der Waals surface area contributed by atoms with Gasteiger partial charge in [0.1, 0.15) is 11.7 Å². The van der Waals surface area contributed by atoms with Crippen molar-refractivity contribution in [1.29, 1.82) is 0 Å². The van der Waals surface area contributed by atoms with E-state index in [0.29, 0.717) is 30.1 Å². The fourth-order valence-corrected chi connectivity index (χ4v) is 7.46. The molecule has 0 aromatic rings. The summed E-state index contributed by atoms with van der Waals surface area (Å²) in [5, 5.41) is 22.7. The molecule has 2 aliphatic heterocycles. The summed E-state index contributed by atoms with van der Waals surface area (Å²) < 4.78 is 23.1. The van der Waals surface area contributed by atoms with Crippen LogP contribution in [0.25, 0.3) is 0 Å². The second-order valence-corrected chi connectivity index (χ2v) is 15.4. The van der Waals surface area contributed by atoms with Gasteiger partial charge in [0.2, 0.25) is 0 Å². The van der Waals surface area contributed by atoms with Crippen LogP contribution in [0.1, 0.15) is 170 Å². The molecular formula is C46H93NO6. The number of aliphatic hydroxyl groups excluding tert-OH is 1. The Morgan fingerprint density at radius 2 is 1.38 bits per heavy atom. The van der Waals surface area contributed by atoms with Gasteiger partial charge in [0, 0.05) is 51.3 Å². The Bertz CT molecular complexity index is 996. The van der Waals surface area contributed by atoms with Gasteiger partial charge in [-0.15, -0.1) is 11.8 Å². The molecule has 2 rings (SSSR count). The van der Waals surface area contributed by atoms with Gasteiger partial charge in [-0.2, -0.15) is 0 Å². The van der Waals surface area contributed by atoms with Crippen LogP contribution in [0, 0.1) is 46.8 Å². The van der Waals surface area contributed by atoms with Crippen molar-refractivity contribution in [2.24, 2.45) is 40.0 Å². The number of ether oxygens (including phenoxy) is 4. The molecule has 0 aliphatic carbocycles. The second-order valence-electron chi connectivity index (χ2n) is 15.4. The predicted molar refractivity (Wildman–Crippen MR) is 232 cm³/mol. The highest BCUT2D eigenvalue weighted by Gasteiger charge is 2.46. The van der Waals surface area contributed by atoms with Gasteiger partial charge in [-0.05, 0) is 77.6 Å². The van der Waals surface area contributed by atoms with E-state index in [2.05, 4.69) is 92.6 Å². The first-order chi connectivity index (χ1) is 24.7. The van der Waals surface area contributed by atoms with Crippen molar-refractivity contribution in [2.45, 2.75) is 206 Å². The predicted octanol–water partition coefficient (Wildman–Crippen LogP) is 11.6. The van der Waals surface area contributed by atoms with E-state index in [4.69, 9.17) is 18.9 Å². The van der Waals surface area contributed by atoms with Crippen molar-refractivity contribution < 1.29 is 29.2 Å². The molecule has 0 spiro atoms. The van der Waals surface area contributed by atoms with Crippen molar-refractivity contribution in [3.63, 3.8) is 0 Å². The quantitative estimate of drug-likeness (QED) is 0.278. The Kier molecular flexibility index (Phi) is 33.8. The Morgan fingerprint density at radius 1 is 0.887 bits per heavy atom. The topological polar surface area (TPSA) is 89.7 Å². The zero-order chi connectivity index (χ0) is 42.8. The third kappa shape index (κ3) is 19.3. The lowest BCUT2D eigenvalue weighted by Crippen LogP contribution is -2.55. The van der Waals surface area contributed by atoms with Gasteiger partial charge in [-0.1, -0.05) is 116 Å². The molecule has 0 aromatic carbocycles. The normalized spacial score (nSPS) is 36.8. The van der Waals surface area contributed by atoms with E-state index in [9.17, 15) is 10.2 Å². The van der Waals surface area contributed by atoms with E-state index < -0.39 is 17.8 Å². The summed E-state index contributed by atoms with van der Waals surface area (Å²) >= 11 is 0. The summed E-state index contributed by atoms with van der Waals surface area (Å²) in [4.78, 5) is 4.59. The van der Waals surface area contributed by atoms with Crippen molar-refractivity contribution in [3.05, 3.63) is 12.3 Å². The zero-order valence-electron chi connectivity index (χ0n) is 39.3. The summed E-state index contributed by atoms with van der Waals surface area (Å²) in [6.07, 6.45) is 4.56. The molecule has 2 heterocycles. The van der Waals surface area contributed by atoms with Crippen LogP contribution in [0.3, 0.4) is 0 Å². The standard InChI is InChI=1S/C26H49NO4.C9H18O2.C4H6.C3H8.2C2H6/c1-12-21-26(9,29)24(28)19(6)22(27-10)16(3)14-25(8,13-2)15-17(4)23(30-11)18(5)20(7)31-21;1-7-8(2)11-6-5-9(7,3)10-4;1-3-4-2;1-3-2;2*1-2/h16-19,21,23-24,28-29H,7,12-15H2,1-6,8-11H3;7-8H,5-6H2,1-4H3;1-2H3;3H2,1-2H3;2*1-2H3/t16-,17-,18+,19?,21-,23+,24?,25-,26-;7-,8?,9+;;;;/m10..../s1. The summed E-state index contributed by atoms with van der Waals surface area (Å²) in [6.45, 7) is 44.0. The van der Waals surface area contributed by atoms with Crippen molar-refractivity contribution in [1.82, 2.24) is 0 Å². The van der Waals surface area contributed by atoms with Crippen molar-refractivity contribution in [3.8, 4) is 11.8 Å². The van der Waals surface area contributed by atoms with Gasteiger partial charge >= 0.3 is 0 Å². The fourth-order valence-electron chi connectivity index (χ4n) is 7.46. The third-order valence-electron chi connectivity index (χ3n) is 11.3.